The lowest BCUT2D eigenvalue weighted by Gasteiger charge is -2.29. The van der Waals surface area contributed by atoms with E-state index in [0.29, 0.717) is 12.2 Å². The zero-order valence-corrected chi connectivity index (χ0v) is 11.7. The first-order valence-electron chi connectivity index (χ1n) is 6.98. The van der Waals surface area contributed by atoms with Crippen molar-refractivity contribution >= 4 is 17.7 Å². The summed E-state index contributed by atoms with van der Waals surface area (Å²) < 4.78 is 0. The molecule has 108 valence electrons. The maximum atomic E-state index is 12.6. The van der Waals surface area contributed by atoms with Gasteiger partial charge in [-0.05, 0) is 31.4 Å². The number of amides is 2. The lowest BCUT2D eigenvalue weighted by atomic mass is 10.3. The number of hydrogen-bond donors (Lipinski definition) is 1. The van der Waals surface area contributed by atoms with Crippen LogP contribution >= 0.6 is 0 Å². The number of nitrogens with zero attached hydrogens (tertiary/aromatic N) is 2. The molecule has 20 heavy (non-hydrogen) atoms. The average Bonchev–Trinajstić information content (AvgIpc) is 3.27. The quantitative estimate of drug-likeness (QED) is 0.868. The molecule has 0 heterocycles. The Balaban J connectivity index is 2.21. The van der Waals surface area contributed by atoms with Crippen LogP contribution in [0.3, 0.4) is 0 Å². The summed E-state index contributed by atoms with van der Waals surface area (Å²) in [5, 5.41) is 9.05. The molecule has 2 rings (SSSR count). The van der Waals surface area contributed by atoms with E-state index in [9.17, 15) is 9.59 Å². The van der Waals surface area contributed by atoms with Gasteiger partial charge in [0.05, 0.1) is 0 Å². The van der Waals surface area contributed by atoms with Gasteiger partial charge < -0.3 is 10.0 Å². The summed E-state index contributed by atoms with van der Waals surface area (Å²) in [6.07, 6.45) is 2.90. The van der Waals surface area contributed by atoms with Crippen LogP contribution in [0.15, 0.2) is 30.3 Å². The van der Waals surface area contributed by atoms with Crippen molar-refractivity contribution in [3.8, 4) is 0 Å². The molecule has 5 nitrogen and oxygen atoms in total. The minimum absolute atomic E-state index is 0.206. The molecule has 1 aromatic rings. The van der Waals surface area contributed by atoms with Gasteiger partial charge in [0, 0.05) is 18.3 Å². The molecule has 0 aliphatic heterocycles. The number of urea groups is 1. The Morgan fingerprint density at radius 2 is 1.90 bits per heavy atom. The van der Waals surface area contributed by atoms with E-state index in [1.165, 1.54) is 4.90 Å². The summed E-state index contributed by atoms with van der Waals surface area (Å²) >= 11 is 0. The zero-order chi connectivity index (χ0) is 14.5. The third kappa shape index (κ3) is 3.50. The molecule has 1 aliphatic carbocycles. The summed E-state index contributed by atoms with van der Waals surface area (Å²) in [6, 6.07) is 9.05. The Labute approximate surface area is 118 Å². The molecule has 1 aliphatic rings. The number of para-hydroxylation sites is 1. The van der Waals surface area contributed by atoms with Crippen LogP contribution in [0.25, 0.3) is 0 Å². The van der Waals surface area contributed by atoms with Crippen LogP contribution in [-0.4, -0.2) is 41.1 Å². The molecule has 1 aromatic carbocycles. The summed E-state index contributed by atoms with van der Waals surface area (Å²) in [5.41, 5.74) is 0.627. The topological polar surface area (TPSA) is 60.9 Å². The van der Waals surface area contributed by atoms with Gasteiger partial charge in [-0.15, -0.1) is 0 Å². The Kier molecular flexibility index (Phi) is 4.61. The van der Waals surface area contributed by atoms with Crippen molar-refractivity contribution in [1.82, 2.24) is 4.90 Å². The van der Waals surface area contributed by atoms with Crippen molar-refractivity contribution in [2.45, 2.75) is 32.2 Å². The van der Waals surface area contributed by atoms with Gasteiger partial charge >= 0.3 is 12.0 Å². The molecule has 0 aromatic heterocycles. The Hall–Kier alpha value is -2.04. The lowest BCUT2D eigenvalue weighted by Crippen LogP contribution is -2.47. The smallest absolute Gasteiger partial charge is 0.325 e. The van der Waals surface area contributed by atoms with E-state index in [1.807, 2.05) is 13.0 Å². The molecule has 0 saturated heterocycles. The third-order valence-electron chi connectivity index (χ3n) is 3.29. The zero-order valence-electron chi connectivity index (χ0n) is 11.7. The molecule has 0 radical (unpaired) electrons. The number of aliphatic carboxylic acids is 1. The number of benzene rings is 1. The van der Waals surface area contributed by atoms with Crippen LogP contribution in [0.4, 0.5) is 10.5 Å². The standard InChI is InChI=1S/C15H20N2O3/c1-2-10-16(13-8-9-13)15(20)17(11-14(18)19)12-6-4-3-5-7-12/h3-7,13H,2,8-11H2,1H3,(H,18,19). The van der Waals surface area contributed by atoms with Crippen molar-refractivity contribution in [2.75, 3.05) is 18.0 Å². The van der Waals surface area contributed by atoms with Crippen LogP contribution in [0, 0.1) is 0 Å². The first-order chi connectivity index (χ1) is 9.63. The number of rotatable bonds is 6. The van der Waals surface area contributed by atoms with E-state index in [0.717, 1.165) is 19.3 Å². The predicted molar refractivity (Wildman–Crippen MR) is 76.8 cm³/mol. The van der Waals surface area contributed by atoms with E-state index < -0.39 is 5.97 Å². The van der Waals surface area contributed by atoms with E-state index in [1.54, 1.807) is 29.2 Å². The highest BCUT2D eigenvalue weighted by atomic mass is 16.4. The van der Waals surface area contributed by atoms with Crippen LogP contribution in [0.5, 0.6) is 0 Å². The minimum atomic E-state index is -1.01. The minimum Gasteiger partial charge on any atom is -0.480 e. The van der Waals surface area contributed by atoms with E-state index >= 15 is 0 Å². The summed E-state index contributed by atoms with van der Waals surface area (Å²) in [6.45, 7) is 2.38. The van der Waals surface area contributed by atoms with Crippen LogP contribution in [-0.2, 0) is 4.79 Å². The molecule has 5 heteroatoms. The van der Waals surface area contributed by atoms with Crippen molar-refractivity contribution in [3.63, 3.8) is 0 Å². The van der Waals surface area contributed by atoms with Gasteiger partial charge in [-0.3, -0.25) is 9.69 Å². The highest BCUT2D eigenvalue weighted by molar-refractivity contribution is 5.96. The maximum absolute atomic E-state index is 12.6. The molecule has 0 unspecified atom stereocenters. The van der Waals surface area contributed by atoms with Crippen LogP contribution in [0.2, 0.25) is 0 Å². The molecule has 1 fully saturated rings. The number of carboxylic acids is 1. The molecule has 0 atom stereocenters. The van der Waals surface area contributed by atoms with Crippen molar-refractivity contribution in [2.24, 2.45) is 0 Å². The second-order valence-corrected chi connectivity index (χ2v) is 5.02. The number of carbonyl (C=O) groups is 2. The molecule has 0 spiro atoms. The third-order valence-corrected chi connectivity index (χ3v) is 3.29. The fourth-order valence-electron chi connectivity index (χ4n) is 2.23. The molecule has 0 bridgehead atoms. The van der Waals surface area contributed by atoms with Gasteiger partial charge in [-0.1, -0.05) is 25.1 Å². The molecular weight excluding hydrogens is 256 g/mol. The predicted octanol–water partition coefficient (Wildman–Crippen LogP) is 2.57. The lowest BCUT2D eigenvalue weighted by molar-refractivity contribution is -0.135. The van der Waals surface area contributed by atoms with Gasteiger partial charge in [-0.2, -0.15) is 0 Å². The van der Waals surface area contributed by atoms with Crippen LogP contribution < -0.4 is 4.90 Å². The SMILES string of the molecule is CCCN(C(=O)N(CC(=O)O)c1ccccc1)C1CC1. The van der Waals surface area contributed by atoms with Crippen LogP contribution in [0.1, 0.15) is 26.2 Å². The first-order valence-corrected chi connectivity index (χ1v) is 6.98. The van der Waals surface area contributed by atoms with E-state index in [2.05, 4.69) is 0 Å². The van der Waals surface area contributed by atoms with E-state index in [-0.39, 0.29) is 18.6 Å². The van der Waals surface area contributed by atoms with E-state index in [4.69, 9.17) is 5.11 Å². The summed E-state index contributed by atoms with van der Waals surface area (Å²) in [5.74, 6) is -1.01. The van der Waals surface area contributed by atoms with Gasteiger partial charge in [0.15, 0.2) is 0 Å². The molecule has 1 saturated carbocycles. The van der Waals surface area contributed by atoms with Gasteiger partial charge in [0.1, 0.15) is 6.54 Å². The highest BCUT2D eigenvalue weighted by Crippen LogP contribution is 2.29. The monoisotopic (exact) mass is 276 g/mol. The van der Waals surface area contributed by atoms with Gasteiger partial charge in [-0.25, -0.2) is 4.79 Å². The normalized spacial score (nSPS) is 13.8. The molecular formula is C15H20N2O3. The van der Waals surface area contributed by atoms with Gasteiger partial charge in [0.2, 0.25) is 0 Å². The fraction of sp³-hybridized carbons (Fsp3) is 0.467. The number of carboxylic acid groups (broad SMARTS) is 1. The van der Waals surface area contributed by atoms with Gasteiger partial charge in [0.25, 0.3) is 0 Å². The number of anilines is 1. The summed E-state index contributed by atoms with van der Waals surface area (Å²) in [7, 11) is 0. The fourth-order valence-corrected chi connectivity index (χ4v) is 2.23. The largest absolute Gasteiger partial charge is 0.480 e. The second-order valence-electron chi connectivity index (χ2n) is 5.02. The number of hydrogen-bond acceptors (Lipinski definition) is 2. The van der Waals surface area contributed by atoms with Crippen molar-refractivity contribution in [1.29, 1.82) is 0 Å². The van der Waals surface area contributed by atoms with Crippen molar-refractivity contribution < 1.29 is 14.7 Å². The molecule has 1 N–H and O–H groups in total. The Morgan fingerprint density at radius 1 is 1.25 bits per heavy atom. The number of carbonyl (C=O) groups excluding carboxylic acids is 1. The highest BCUT2D eigenvalue weighted by Gasteiger charge is 2.35. The first kappa shape index (κ1) is 14.4. The second kappa shape index (κ2) is 6.41. The maximum Gasteiger partial charge on any atom is 0.325 e. The Bertz CT molecular complexity index is 471. The Morgan fingerprint density at radius 3 is 2.40 bits per heavy atom. The van der Waals surface area contributed by atoms with Crippen molar-refractivity contribution in [3.05, 3.63) is 30.3 Å². The average molecular weight is 276 g/mol. The summed E-state index contributed by atoms with van der Waals surface area (Å²) in [4.78, 5) is 26.8. The molecule has 2 amide bonds.